The Morgan fingerprint density at radius 2 is 2.05 bits per heavy atom. The molecule has 0 aromatic heterocycles. The van der Waals surface area contributed by atoms with E-state index in [1.54, 1.807) is 11.8 Å². The summed E-state index contributed by atoms with van der Waals surface area (Å²) in [6.45, 7) is 2.81. The van der Waals surface area contributed by atoms with Gasteiger partial charge in [0.05, 0.1) is 18.7 Å². The van der Waals surface area contributed by atoms with Crippen LogP contribution < -0.4 is 10.1 Å². The zero-order chi connectivity index (χ0) is 13.8. The maximum Gasteiger partial charge on any atom is 0.157 e. The van der Waals surface area contributed by atoms with Crippen molar-refractivity contribution in [1.29, 1.82) is 0 Å². The first-order valence-corrected chi connectivity index (χ1v) is 8.46. The lowest BCUT2D eigenvalue weighted by molar-refractivity contribution is 0.344. The maximum absolute atomic E-state index is 5.74. The van der Waals surface area contributed by atoms with Crippen molar-refractivity contribution in [3.8, 4) is 5.75 Å². The molecule has 1 fully saturated rings. The van der Waals surface area contributed by atoms with Gasteiger partial charge in [0.15, 0.2) is 5.17 Å². The number of benzene rings is 1. The average molecular weight is 290 g/mol. The van der Waals surface area contributed by atoms with Gasteiger partial charge in [0, 0.05) is 5.75 Å². The van der Waals surface area contributed by atoms with E-state index in [1.807, 2.05) is 12.1 Å². The second kappa shape index (κ2) is 6.53. The van der Waals surface area contributed by atoms with E-state index in [0.29, 0.717) is 12.1 Å². The molecule has 1 aliphatic heterocycles. The Hall–Kier alpha value is -1.16. The van der Waals surface area contributed by atoms with Crippen LogP contribution in [0.4, 0.5) is 0 Å². The third-order valence-electron chi connectivity index (χ3n) is 3.93. The van der Waals surface area contributed by atoms with Crippen LogP contribution in [0, 0.1) is 6.92 Å². The number of nitrogens with zero attached hydrogens (tertiary/aromatic N) is 1. The molecule has 0 amide bonds. The number of thioether (sulfide) groups is 1. The van der Waals surface area contributed by atoms with E-state index >= 15 is 0 Å². The zero-order valence-electron chi connectivity index (χ0n) is 12.0. The van der Waals surface area contributed by atoms with Gasteiger partial charge in [-0.3, -0.25) is 4.99 Å². The van der Waals surface area contributed by atoms with Crippen molar-refractivity contribution >= 4 is 16.9 Å². The lowest BCUT2D eigenvalue weighted by Crippen LogP contribution is -2.36. The van der Waals surface area contributed by atoms with Crippen LogP contribution in [-0.2, 0) is 0 Å². The van der Waals surface area contributed by atoms with E-state index in [1.165, 1.54) is 31.2 Å². The van der Waals surface area contributed by atoms with Crippen molar-refractivity contribution in [2.45, 2.75) is 44.7 Å². The van der Waals surface area contributed by atoms with Crippen LogP contribution in [0.5, 0.6) is 5.75 Å². The molecule has 0 spiro atoms. The molecule has 0 radical (unpaired) electrons. The van der Waals surface area contributed by atoms with Crippen molar-refractivity contribution < 1.29 is 4.74 Å². The highest BCUT2D eigenvalue weighted by molar-refractivity contribution is 8.13. The van der Waals surface area contributed by atoms with Crippen molar-refractivity contribution in [1.82, 2.24) is 5.32 Å². The Bertz CT molecular complexity index is 472. The van der Waals surface area contributed by atoms with Gasteiger partial charge in [-0.15, -0.1) is 0 Å². The normalized spacial score (nSPS) is 24.8. The Balaban J connectivity index is 1.39. The molecule has 1 aromatic rings. The molecule has 1 heterocycles. The summed E-state index contributed by atoms with van der Waals surface area (Å²) >= 11 is 1.79. The van der Waals surface area contributed by atoms with Crippen LogP contribution in [-0.4, -0.2) is 29.6 Å². The fraction of sp³-hybridized carbons (Fsp3) is 0.562. The van der Waals surface area contributed by atoms with Gasteiger partial charge in [-0.25, -0.2) is 0 Å². The van der Waals surface area contributed by atoms with E-state index in [-0.39, 0.29) is 0 Å². The highest BCUT2D eigenvalue weighted by atomic mass is 32.2. The van der Waals surface area contributed by atoms with Crippen LogP contribution in [0.15, 0.2) is 29.3 Å². The lowest BCUT2D eigenvalue weighted by atomic mass is 9.92. The second-order valence-corrected chi connectivity index (χ2v) is 6.63. The summed E-state index contributed by atoms with van der Waals surface area (Å²) in [6, 6.07) is 9.35. The third-order valence-corrected chi connectivity index (χ3v) is 4.80. The number of nitrogens with one attached hydrogen (secondary N) is 1. The molecule has 2 unspecified atom stereocenters. The summed E-state index contributed by atoms with van der Waals surface area (Å²) < 4.78 is 5.74. The fourth-order valence-electron chi connectivity index (χ4n) is 2.79. The molecule has 3 rings (SSSR count). The Morgan fingerprint density at radius 3 is 2.85 bits per heavy atom. The van der Waals surface area contributed by atoms with Gasteiger partial charge in [-0.1, -0.05) is 42.3 Å². The summed E-state index contributed by atoms with van der Waals surface area (Å²) in [6.07, 6.45) is 5.21. The molecule has 1 aromatic carbocycles. The number of hydrogen-bond donors (Lipinski definition) is 1. The quantitative estimate of drug-likeness (QED) is 0.863. The smallest absolute Gasteiger partial charge is 0.157 e. The minimum atomic E-state index is 0.532. The molecule has 4 heteroatoms. The zero-order valence-corrected chi connectivity index (χ0v) is 12.8. The van der Waals surface area contributed by atoms with Gasteiger partial charge >= 0.3 is 0 Å². The SMILES string of the molecule is Cc1ccc(OCCSC2=NC3CCCCC3N2)cc1. The van der Waals surface area contributed by atoms with Crippen molar-refractivity contribution in [2.75, 3.05) is 12.4 Å². The molecule has 0 saturated heterocycles. The molecule has 1 saturated carbocycles. The second-order valence-electron chi connectivity index (χ2n) is 5.55. The van der Waals surface area contributed by atoms with Gasteiger partial charge in [-0.05, 0) is 31.9 Å². The molecular weight excluding hydrogens is 268 g/mol. The number of aryl methyl sites for hydroxylation is 1. The molecule has 108 valence electrons. The van der Waals surface area contributed by atoms with Gasteiger partial charge in [-0.2, -0.15) is 0 Å². The lowest BCUT2D eigenvalue weighted by Gasteiger charge is -2.23. The number of amidine groups is 1. The minimum Gasteiger partial charge on any atom is -0.493 e. The highest BCUT2D eigenvalue weighted by Gasteiger charge is 2.30. The molecular formula is C16H22N2OS. The standard InChI is InChI=1S/C16H22N2OS/c1-12-6-8-13(9-7-12)19-10-11-20-16-17-14-4-2-3-5-15(14)18-16/h6-9,14-15H,2-5,10-11H2,1H3,(H,17,18). The van der Waals surface area contributed by atoms with Crippen LogP contribution in [0.2, 0.25) is 0 Å². The number of aliphatic imine (C=N–C) groups is 1. The largest absolute Gasteiger partial charge is 0.493 e. The molecule has 1 aliphatic carbocycles. The molecule has 2 aliphatic rings. The molecule has 2 atom stereocenters. The van der Waals surface area contributed by atoms with Crippen molar-refractivity contribution in [3.63, 3.8) is 0 Å². The van der Waals surface area contributed by atoms with Crippen LogP contribution in [0.25, 0.3) is 0 Å². The van der Waals surface area contributed by atoms with Crippen LogP contribution in [0.3, 0.4) is 0 Å². The van der Waals surface area contributed by atoms with Crippen LogP contribution in [0.1, 0.15) is 31.2 Å². The first kappa shape index (κ1) is 13.8. The van der Waals surface area contributed by atoms with Crippen molar-refractivity contribution in [3.05, 3.63) is 29.8 Å². The summed E-state index contributed by atoms with van der Waals surface area (Å²) in [7, 11) is 0. The number of fused-ring (bicyclic) bond motifs is 1. The van der Waals surface area contributed by atoms with E-state index in [9.17, 15) is 0 Å². The first-order valence-electron chi connectivity index (χ1n) is 7.48. The van der Waals surface area contributed by atoms with E-state index < -0.39 is 0 Å². The molecule has 0 bridgehead atoms. The molecule has 3 nitrogen and oxygen atoms in total. The number of rotatable bonds is 4. The summed E-state index contributed by atoms with van der Waals surface area (Å²) in [5, 5.41) is 4.68. The Morgan fingerprint density at radius 1 is 1.25 bits per heavy atom. The topological polar surface area (TPSA) is 33.6 Å². The highest BCUT2D eigenvalue weighted by Crippen LogP contribution is 2.26. The Kier molecular flexibility index (Phi) is 4.51. The minimum absolute atomic E-state index is 0.532. The van der Waals surface area contributed by atoms with Gasteiger partial charge in [0.1, 0.15) is 5.75 Å². The molecule has 20 heavy (non-hydrogen) atoms. The number of hydrogen-bond acceptors (Lipinski definition) is 4. The van der Waals surface area contributed by atoms with Gasteiger partial charge < -0.3 is 10.1 Å². The first-order chi connectivity index (χ1) is 9.81. The van der Waals surface area contributed by atoms with Crippen molar-refractivity contribution in [2.24, 2.45) is 4.99 Å². The number of ether oxygens (including phenoxy) is 1. The van der Waals surface area contributed by atoms with E-state index in [0.717, 1.165) is 23.3 Å². The maximum atomic E-state index is 5.74. The van der Waals surface area contributed by atoms with E-state index in [4.69, 9.17) is 9.73 Å². The fourth-order valence-corrected chi connectivity index (χ4v) is 3.60. The summed E-state index contributed by atoms with van der Waals surface area (Å²) in [5.41, 5.74) is 1.26. The summed E-state index contributed by atoms with van der Waals surface area (Å²) in [5.74, 6) is 1.89. The Labute approximate surface area is 125 Å². The predicted octanol–water partition coefficient (Wildman–Crippen LogP) is 3.38. The summed E-state index contributed by atoms with van der Waals surface area (Å²) in [4.78, 5) is 4.78. The average Bonchev–Trinajstić information content (AvgIpc) is 2.88. The predicted molar refractivity (Wildman–Crippen MR) is 85.7 cm³/mol. The van der Waals surface area contributed by atoms with Crippen LogP contribution >= 0.6 is 11.8 Å². The monoisotopic (exact) mass is 290 g/mol. The van der Waals surface area contributed by atoms with Gasteiger partial charge in [0.25, 0.3) is 0 Å². The van der Waals surface area contributed by atoms with Gasteiger partial charge in [0.2, 0.25) is 0 Å². The molecule has 1 N–H and O–H groups in total. The third kappa shape index (κ3) is 3.48. The van der Waals surface area contributed by atoms with E-state index in [2.05, 4.69) is 24.4 Å².